The van der Waals surface area contributed by atoms with Crippen LogP contribution in [-0.2, 0) is 41.5 Å². The Morgan fingerprint density at radius 2 is 1.00 bits per heavy atom. The third-order valence-corrected chi connectivity index (χ3v) is 13.0. The molecule has 2 aromatic rings. The molecule has 2 amide bonds. The van der Waals surface area contributed by atoms with E-state index in [1.807, 2.05) is 9.80 Å². The molecule has 4 aliphatic rings. The van der Waals surface area contributed by atoms with E-state index < -0.39 is 23.1 Å². The SMILES string of the molecule is Cc1cccc2c1C(C(C)C)N(C(=O)CNCC1(OC(=O)C(=O)OC3(CNCC(=O)N4CCc5cccc(C)c5C4C(C)C)CCCCC3)CCCCC1)CC2. The smallest absolute Gasteiger partial charge is 0.418 e. The van der Waals surface area contributed by atoms with Crippen LogP contribution in [0.15, 0.2) is 36.4 Å². The van der Waals surface area contributed by atoms with E-state index >= 15 is 0 Å². The quantitative estimate of drug-likeness (QED) is 0.178. The number of carbonyl (C=O) groups is 4. The van der Waals surface area contributed by atoms with Crippen LogP contribution in [0, 0.1) is 25.7 Å². The predicted octanol–water partition coefficient (Wildman–Crippen LogP) is 6.84. The average Bonchev–Trinajstić information content (AvgIpc) is 3.17. The predicted molar refractivity (Wildman–Crippen MR) is 218 cm³/mol. The van der Waals surface area contributed by atoms with E-state index in [2.05, 4.69) is 88.6 Å². The molecule has 0 saturated heterocycles. The summed E-state index contributed by atoms with van der Waals surface area (Å²) in [6.07, 6.45) is 9.66. The van der Waals surface area contributed by atoms with Crippen LogP contribution in [0.4, 0.5) is 0 Å². The fraction of sp³-hybridized carbons (Fsp3) is 0.652. The third-order valence-electron chi connectivity index (χ3n) is 13.0. The normalized spacial score (nSPS) is 21.6. The summed E-state index contributed by atoms with van der Waals surface area (Å²) in [7, 11) is 0. The van der Waals surface area contributed by atoms with Crippen molar-refractivity contribution in [2.24, 2.45) is 11.8 Å². The van der Waals surface area contributed by atoms with Crippen molar-refractivity contribution in [1.82, 2.24) is 20.4 Å². The molecule has 306 valence electrons. The molecule has 0 radical (unpaired) electrons. The third kappa shape index (κ3) is 9.33. The first-order valence-electron chi connectivity index (χ1n) is 21.5. The van der Waals surface area contributed by atoms with Gasteiger partial charge in [0.05, 0.1) is 25.2 Å². The lowest BCUT2D eigenvalue weighted by Crippen LogP contribution is -2.53. The second-order valence-corrected chi connectivity index (χ2v) is 17.8. The minimum Gasteiger partial charge on any atom is -0.449 e. The largest absolute Gasteiger partial charge is 0.449 e. The van der Waals surface area contributed by atoms with Gasteiger partial charge in [-0.25, -0.2) is 9.59 Å². The van der Waals surface area contributed by atoms with Crippen LogP contribution in [0.1, 0.15) is 137 Å². The molecule has 2 aliphatic carbocycles. The summed E-state index contributed by atoms with van der Waals surface area (Å²) in [6.45, 7) is 15.1. The number of amides is 2. The molecule has 10 heteroatoms. The fourth-order valence-corrected chi connectivity index (χ4v) is 10.3. The number of aryl methyl sites for hydroxylation is 2. The van der Waals surface area contributed by atoms with Gasteiger partial charge in [-0.3, -0.25) is 9.59 Å². The van der Waals surface area contributed by atoms with Gasteiger partial charge in [-0.2, -0.15) is 0 Å². The van der Waals surface area contributed by atoms with Gasteiger partial charge in [0.15, 0.2) is 0 Å². The lowest BCUT2D eigenvalue weighted by molar-refractivity contribution is -0.189. The van der Waals surface area contributed by atoms with Crippen molar-refractivity contribution in [3.63, 3.8) is 0 Å². The van der Waals surface area contributed by atoms with Gasteiger partial charge in [-0.05, 0) is 123 Å². The van der Waals surface area contributed by atoms with Gasteiger partial charge < -0.3 is 29.9 Å². The standard InChI is InChI=1S/C46H66N4O6/c1-31(2)41-39-33(5)15-13-17-35(39)19-25-49(41)37(51)27-47-29-45(21-9-7-10-22-45)55-43(53)44(54)56-46(23-11-8-12-24-46)30-48-28-38(52)50-26-20-36-18-14-16-34(6)40(36)42(50)32(3)4/h13-18,31-32,41-42,47-48H,7-12,19-30H2,1-6H3. The van der Waals surface area contributed by atoms with Crippen LogP contribution in [0.25, 0.3) is 0 Å². The molecule has 2 atom stereocenters. The summed E-state index contributed by atoms with van der Waals surface area (Å²) in [5, 5.41) is 6.68. The second kappa shape index (κ2) is 18.2. The van der Waals surface area contributed by atoms with Gasteiger partial charge in [0, 0.05) is 26.2 Å². The number of carbonyl (C=O) groups excluding carboxylic acids is 4. The summed E-state index contributed by atoms with van der Waals surface area (Å²) in [5.74, 6) is -1.39. The second-order valence-electron chi connectivity index (χ2n) is 17.8. The topological polar surface area (TPSA) is 117 Å². The number of benzene rings is 2. The van der Waals surface area contributed by atoms with Gasteiger partial charge in [-0.1, -0.05) is 76.9 Å². The Labute approximate surface area is 334 Å². The van der Waals surface area contributed by atoms with E-state index in [1.54, 1.807) is 0 Å². The van der Waals surface area contributed by atoms with Crippen LogP contribution < -0.4 is 10.6 Å². The zero-order valence-corrected chi connectivity index (χ0v) is 34.8. The summed E-state index contributed by atoms with van der Waals surface area (Å²) >= 11 is 0. The molecule has 0 aromatic heterocycles. The molecule has 2 aromatic carbocycles. The van der Waals surface area contributed by atoms with Crippen molar-refractivity contribution >= 4 is 23.8 Å². The molecular weight excluding hydrogens is 705 g/mol. The van der Waals surface area contributed by atoms with E-state index in [0.717, 1.165) is 51.4 Å². The summed E-state index contributed by atoms with van der Waals surface area (Å²) < 4.78 is 12.2. The monoisotopic (exact) mass is 770 g/mol. The minimum atomic E-state index is -0.980. The number of rotatable bonds is 12. The number of hydrogen-bond acceptors (Lipinski definition) is 8. The van der Waals surface area contributed by atoms with E-state index in [9.17, 15) is 19.2 Å². The van der Waals surface area contributed by atoms with Crippen molar-refractivity contribution < 1.29 is 28.7 Å². The number of esters is 2. The van der Waals surface area contributed by atoms with Crippen molar-refractivity contribution in [2.45, 2.75) is 142 Å². The molecule has 2 aliphatic heterocycles. The van der Waals surface area contributed by atoms with Crippen molar-refractivity contribution in [1.29, 1.82) is 0 Å². The zero-order chi connectivity index (χ0) is 40.0. The van der Waals surface area contributed by atoms with E-state index in [1.165, 1.54) is 33.4 Å². The Hall–Kier alpha value is -3.76. The first kappa shape index (κ1) is 41.9. The first-order valence-corrected chi connectivity index (χ1v) is 21.5. The Morgan fingerprint density at radius 1 is 0.625 bits per heavy atom. The molecule has 2 heterocycles. The molecule has 6 rings (SSSR count). The average molecular weight is 771 g/mol. The zero-order valence-electron chi connectivity index (χ0n) is 34.8. The Balaban J connectivity index is 1.05. The molecule has 2 unspecified atom stereocenters. The van der Waals surface area contributed by atoms with Gasteiger partial charge in [0.25, 0.3) is 0 Å². The summed E-state index contributed by atoms with van der Waals surface area (Å²) in [5.41, 5.74) is 5.81. The Kier molecular flexibility index (Phi) is 13.6. The van der Waals surface area contributed by atoms with Crippen molar-refractivity contribution in [3.05, 3.63) is 69.8 Å². The van der Waals surface area contributed by atoms with Crippen LogP contribution in [0.5, 0.6) is 0 Å². The van der Waals surface area contributed by atoms with Crippen LogP contribution in [0.2, 0.25) is 0 Å². The Morgan fingerprint density at radius 3 is 1.36 bits per heavy atom. The van der Waals surface area contributed by atoms with Gasteiger partial charge >= 0.3 is 11.9 Å². The Bertz CT molecular complexity index is 1600. The first-order chi connectivity index (χ1) is 26.8. The highest BCUT2D eigenvalue weighted by molar-refractivity contribution is 6.30. The van der Waals surface area contributed by atoms with Crippen LogP contribution in [-0.4, -0.2) is 84.0 Å². The highest BCUT2D eigenvalue weighted by Crippen LogP contribution is 2.39. The molecule has 0 spiro atoms. The maximum absolute atomic E-state index is 13.7. The number of nitrogens with zero attached hydrogens (tertiary/aromatic N) is 2. The lowest BCUT2D eigenvalue weighted by atomic mass is 9.83. The number of hydrogen-bond donors (Lipinski definition) is 2. The highest BCUT2D eigenvalue weighted by Gasteiger charge is 2.43. The van der Waals surface area contributed by atoms with Crippen molar-refractivity contribution in [3.8, 4) is 0 Å². The maximum Gasteiger partial charge on any atom is 0.418 e. The van der Waals surface area contributed by atoms with Crippen LogP contribution in [0.3, 0.4) is 0 Å². The van der Waals surface area contributed by atoms with Gasteiger partial charge in [0.1, 0.15) is 11.2 Å². The van der Waals surface area contributed by atoms with Gasteiger partial charge in [0.2, 0.25) is 11.8 Å². The molecule has 10 nitrogen and oxygen atoms in total. The van der Waals surface area contributed by atoms with Gasteiger partial charge in [-0.15, -0.1) is 0 Å². The summed E-state index contributed by atoms with van der Waals surface area (Å²) in [4.78, 5) is 58.7. The molecule has 2 fully saturated rings. The highest BCUT2D eigenvalue weighted by atomic mass is 16.6. The molecule has 56 heavy (non-hydrogen) atoms. The van der Waals surface area contributed by atoms with Crippen LogP contribution >= 0.6 is 0 Å². The minimum absolute atomic E-state index is 0.00805. The number of fused-ring (bicyclic) bond motifs is 2. The lowest BCUT2D eigenvalue weighted by Gasteiger charge is -2.41. The van der Waals surface area contributed by atoms with E-state index in [-0.39, 0.29) is 48.8 Å². The fourth-order valence-electron chi connectivity index (χ4n) is 10.3. The summed E-state index contributed by atoms with van der Waals surface area (Å²) in [6, 6.07) is 12.8. The number of ether oxygens (including phenoxy) is 2. The molecule has 0 bridgehead atoms. The maximum atomic E-state index is 13.7. The van der Waals surface area contributed by atoms with Crippen molar-refractivity contribution in [2.75, 3.05) is 39.3 Å². The molecule has 2 N–H and O–H groups in total. The number of nitrogens with one attached hydrogen (secondary N) is 2. The van der Waals surface area contributed by atoms with E-state index in [0.29, 0.717) is 51.9 Å². The molecule has 2 saturated carbocycles. The molecular formula is C46H66N4O6. The van der Waals surface area contributed by atoms with E-state index in [4.69, 9.17) is 9.47 Å².